The van der Waals surface area contributed by atoms with Gasteiger partial charge in [-0.15, -0.1) is 24.0 Å². The van der Waals surface area contributed by atoms with Crippen LogP contribution in [0.1, 0.15) is 25.3 Å². The molecule has 0 bridgehead atoms. The van der Waals surface area contributed by atoms with E-state index in [0.717, 1.165) is 24.9 Å². The number of hydrogen-bond acceptors (Lipinski definition) is 5. The van der Waals surface area contributed by atoms with Gasteiger partial charge in [0.1, 0.15) is 5.60 Å². The van der Waals surface area contributed by atoms with E-state index in [0.29, 0.717) is 31.5 Å². The summed E-state index contributed by atoms with van der Waals surface area (Å²) in [6.45, 7) is 4.01. The van der Waals surface area contributed by atoms with Crippen LogP contribution in [0.2, 0.25) is 0 Å². The van der Waals surface area contributed by atoms with Gasteiger partial charge in [-0.3, -0.25) is 4.99 Å². The van der Waals surface area contributed by atoms with Crippen LogP contribution in [0.3, 0.4) is 0 Å². The molecule has 1 aliphatic heterocycles. The van der Waals surface area contributed by atoms with E-state index in [9.17, 15) is 13.5 Å². The van der Waals surface area contributed by atoms with Crippen molar-refractivity contribution in [2.24, 2.45) is 10.9 Å². The number of sulfonamides is 1. The molecule has 1 unspecified atom stereocenters. The molecule has 1 fully saturated rings. The lowest BCUT2D eigenvalue weighted by Gasteiger charge is -2.31. The van der Waals surface area contributed by atoms with Gasteiger partial charge < -0.3 is 15.7 Å². The summed E-state index contributed by atoms with van der Waals surface area (Å²) in [6.07, 6.45) is 2.93. The maximum Gasteiger partial charge on any atom is 0.211 e. The first kappa shape index (κ1) is 23.6. The van der Waals surface area contributed by atoms with Gasteiger partial charge in [0.25, 0.3) is 0 Å². The van der Waals surface area contributed by atoms with Gasteiger partial charge in [-0.2, -0.15) is 11.3 Å². The molecule has 150 valence electrons. The third-order valence-corrected chi connectivity index (χ3v) is 6.55. The van der Waals surface area contributed by atoms with Crippen molar-refractivity contribution in [3.05, 3.63) is 22.4 Å². The number of hydrogen-bond donors (Lipinski definition) is 3. The SMILES string of the molecule is CN=C(NCC1CCN(S(C)(=O)=O)CC1)NCC(C)(O)c1ccsc1.I. The molecule has 0 spiro atoms. The first-order valence-corrected chi connectivity index (χ1v) is 11.2. The fourth-order valence-corrected chi connectivity index (χ4v) is 4.49. The summed E-state index contributed by atoms with van der Waals surface area (Å²) in [4.78, 5) is 4.19. The van der Waals surface area contributed by atoms with Crippen molar-refractivity contribution in [3.63, 3.8) is 0 Å². The summed E-state index contributed by atoms with van der Waals surface area (Å²) >= 11 is 1.56. The fraction of sp³-hybridized carbons (Fsp3) is 0.688. The van der Waals surface area contributed by atoms with Gasteiger partial charge in [0.15, 0.2) is 5.96 Å². The Bertz CT molecular complexity index is 670. The highest BCUT2D eigenvalue weighted by molar-refractivity contribution is 14.0. The topological polar surface area (TPSA) is 94.0 Å². The average Bonchev–Trinajstić information content (AvgIpc) is 3.10. The molecule has 0 aliphatic carbocycles. The number of aliphatic hydroxyl groups is 1. The van der Waals surface area contributed by atoms with Crippen LogP contribution < -0.4 is 10.6 Å². The third-order valence-electron chi connectivity index (χ3n) is 4.57. The molecule has 1 aromatic rings. The Hall–Kier alpha value is -0.430. The van der Waals surface area contributed by atoms with E-state index in [1.165, 1.54) is 10.6 Å². The van der Waals surface area contributed by atoms with Gasteiger partial charge >= 0.3 is 0 Å². The summed E-state index contributed by atoms with van der Waals surface area (Å²) in [5.74, 6) is 1.05. The molecule has 2 heterocycles. The van der Waals surface area contributed by atoms with E-state index >= 15 is 0 Å². The monoisotopic (exact) mass is 516 g/mol. The van der Waals surface area contributed by atoms with Crippen molar-refractivity contribution in [2.75, 3.05) is 39.5 Å². The molecule has 1 aliphatic rings. The fourth-order valence-electron chi connectivity index (χ4n) is 2.84. The van der Waals surface area contributed by atoms with Crippen molar-refractivity contribution < 1.29 is 13.5 Å². The van der Waals surface area contributed by atoms with Gasteiger partial charge in [0.05, 0.1) is 12.8 Å². The van der Waals surface area contributed by atoms with Crippen LogP contribution in [0.15, 0.2) is 21.8 Å². The van der Waals surface area contributed by atoms with Gasteiger partial charge in [-0.25, -0.2) is 12.7 Å². The Morgan fingerprint density at radius 3 is 2.58 bits per heavy atom. The second-order valence-corrected chi connectivity index (χ2v) is 9.46. The number of nitrogens with zero attached hydrogens (tertiary/aromatic N) is 2. The molecule has 1 aromatic heterocycles. The number of rotatable bonds is 6. The first-order valence-electron chi connectivity index (χ1n) is 8.37. The van der Waals surface area contributed by atoms with E-state index in [1.807, 2.05) is 16.8 Å². The van der Waals surface area contributed by atoms with E-state index in [2.05, 4.69) is 15.6 Å². The highest BCUT2D eigenvalue weighted by Crippen LogP contribution is 2.22. The van der Waals surface area contributed by atoms with Crippen molar-refractivity contribution in [3.8, 4) is 0 Å². The zero-order chi connectivity index (χ0) is 18.5. The average molecular weight is 516 g/mol. The highest BCUT2D eigenvalue weighted by Gasteiger charge is 2.26. The molecule has 7 nitrogen and oxygen atoms in total. The number of aliphatic imine (C=N–C) groups is 1. The minimum Gasteiger partial charge on any atom is -0.384 e. The van der Waals surface area contributed by atoms with Crippen LogP contribution in [-0.4, -0.2) is 63.3 Å². The Kier molecular flexibility index (Phi) is 9.27. The predicted octanol–water partition coefficient (Wildman–Crippen LogP) is 1.41. The third kappa shape index (κ3) is 6.95. The Morgan fingerprint density at radius 1 is 1.42 bits per heavy atom. The highest BCUT2D eigenvalue weighted by atomic mass is 127. The minimum absolute atomic E-state index is 0. The quantitative estimate of drug-likeness (QED) is 0.302. The van der Waals surface area contributed by atoms with E-state index in [4.69, 9.17) is 0 Å². The molecule has 2 rings (SSSR count). The van der Waals surface area contributed by atoms with Crippen LogP contribution in [0.4, 0.5) is 0 Å². The van der Waals surface area contributed by atoms with Crippen LogP contribution in [0.5, 0.6) is 0 Å². The number of thiophene rings is 1. The van der Waals surface area contributed by atoms with Crippen LogP contribution in [-0.2, 0) is 15.6 Å². The summed E-state index contributed by atoms with van der Waals surface area (Å²) in [5.41, 5.74) is -0.0769. The molecule has 1 atom stereocenters. The predicted molar refractivity (Wildman–Crippen MR) is 118 cm³/mol. The van der Waals surface area contributed by atoms with Gasteiger partial charge in [-0.05, 0) is 48.1 Å². The molecule has 0 saturated carbocycles. The molecular weight excluding hydrogens is 487 g/mol. The smallest absolute Gasteiger partial charge is 0.211 e. The Labute approximate surface area is 177 Å². The second-order valence-electron chi connectivity index (χ2n) is 6.70. The molecule has 0 radical (unpaired) electrons. The van der Waals surface area contributed by atoms with E-state index < -0.39 is 15.6 Å². The van der Waals surface area contributed by atoms with Crippen molar-refractivity contribution in [2.45, 2.75) is 25.4 Å². The number of halogens is 1. The molecule has 1 saturated heterocycles. The summed E-state index contributed by atoms with van der Waals surface area (Å²) < 4.78 is 24.6. The molecule has 10 heteroatoms. The maximum atomic E-state index is 11.5. The zero-order valence-electron chi connectivity index (χ0n) is 15.4. The largest absolute Gasteiger partial charge is 0.384 e. The molecule has 26 heavy (non-hydrogen) atoms. The van der Waals surface area contributed by atoms with Crippen molar-refractivity contribution >= 4 is 51.3 Å². The number of guanidine groups is 1. The summed E-state index contributed by atoms with van der Waals surface area (Å²) in [7, 11) is -1.39. The zero-order valence-corrected chi connectivity index (χ0v) is 19.4. The maximum absolute atomic E-state index is 11.5. The molecular formula is C16H29IN4O3S2. The molecule has 0 aromatic carbocycles. The van der Waals surface area contributed by atoms with E-state index in [-0.39, 0.29) is 24.0 Å². The summed E-state index contributed by atoms with van der Waals surface area (Å²) in [5, 5.41) is 20.9. The van der Waals surface area contributed by atoms with Crippen molar-refractivity contribution in [1.82, 2.24) is 14.9 Å². The van der Waals surface area contributed by atoms with E-state index in [1.54, 1.807) is 25.3 Å². The minimum atomic E-state index is -3.08. The Balaban J connectivity index is 0.00000338. The van der Waals surface area contributed by atoms with Crippen LogP contribution in [0, 0.1) is 5.92 Å². The number of nitrogens with one attached hydrogen (secondary N) is 2. The second kappa shape index (κ2) is 10.2. The summed E-state index contributed by atoms with van der Waals surface area (Å²) in [6, 6.07) is 1.91. The lowest BCUT2D eigenvalue weighted by molar-refractivity contribution is 0.0621. The standard InChI is InChI=1S/C16H28N4O3S2.HI/c1-16(21,14-6-9-24-11-14)12-19-15(17-2)18-10-13-4-7-20(8-5-13)25(3,22)23;/h6,9,11,13,21H,4-5,7-8,10,12H2,1-3H3,(H2,17,18,19);1H. The van der Waals surface area contributed by atoms with Crippen molar-refractivity contribution in [1.29, 1.82) is 0 Å². The van der Waals surface area contributed by atoms with Gasteiger partial charge in [0, 0.05) is 26.7 Å². The Morgan fingerprint density at radius 2 is 2.08 bits per heavy atom. The van der Waals surface area contributed by atoms with Crippen LogP contribution >= 0.6 is 35.3 Å². The number of piperidine rings is 1. The lowest BCUT2D eigenvalue weighted by atomic mass is 9.98. The molecule has 3 N–H and O–H groups in total. The normalized spacial score (nSPS) is 19.5. The van der Waals surface area contributed by atoms with Gasteiger partial charge in [-0.1, -0.05) is 0 Å². The van der Waals surface area contributed by atoms with Gasteiger partial charge in [0.2, 0.25) is 10.0 Å². The van der Waals surface area contributed by atoms with Crippen LogP contribution in [0.25, 0.3) is 0 Å². The molecule has 0 amide bonds. The lowest BCUT2D eigenvalue weighted by Crippen LogP contribution is -2.47. The first-order chi connectivity index (χ1) is 11.7.